The van der Waals surface area contributed by atoms with Crippen molar-refractivity contribution in [2.75, 3.05) is 12.4 Å². The van der Waals surface area contributed by atoms with Crippen LogP contribution in [0.1, 0.15) is 49.1 Å². The highest BCUT2D eigenvalue weighted by atomic mass is 32.2. The number of aliphatic hydroxyl groups excluding tert-OH is 3. The van der Waals surface area contributed by atoms with Crippen LogP contribution in [0.3, 0.4) is 0 Å². The predicted octanol–water partition coefficient (Wildman–Crippen LogP) is 3.60. The van der Waals surface area contributed by atoms with Gasteiger partial charge in [0.15, 0.2) is 17.5 Å². The molecule has 5 rings (SSSR count). The topological polar surface area (TPSA) is 112 Å². The zero-order valence-corrected chi connectivity index (χ0v) is 22.9. The number of aryl methyl sites for hydroxylation is 1. The van der Waals surface area contributed by atoms with E-state index in [9.17, 15) is 33.6 Å². The molecule has 212 valence electrons. The fourth-order valence-electron chi connectivity index (χ4n) is 6.68. The van der Waals surface area contributed by atoms with Gasteiger partial charge < -0.3 is 20.4 Å². The Labute approximate surface area is 227 Å². The van der Waals surface area contributed by atoms with Crippen LogP contribution in [-0.2, 0) is 0 Å². The molecule has 2 unspecified atom stereocenters. The number of benzene rings is 2. The summed E-state index contributed by atoms with van der Waals surface area (Å²) in [7, 11) is -1.32. The maximum Gasteiger partial charge on any atom is 0.194 e. The van der Waals surface area contributed by atoms with E-state index in [1.807, 2.05) is 31.2 Å². The highest BCUT2D eigenvalue weighted by molar-refractivity contribution is 8.18. The number of aliphatic hydroxyl groups is 4. The smallest absolute Gasteiger partial charge is 0.194 e. The Balaban J connectivity index is 1.48. The Bertz CT molecular complexity index is 1340. The van der Waals surface area contributed by atoms with Crippen molar-refractivity contribution >= 4 is 10.9 Å². The minimum Gasteiger partial charge on any atom is -0.395 e. The van der Waals surface area contributed by atoms with Crippen molar-refractivity contribution in [2.45, 2.75) is 68.0 Å². The van der Waals surface area contributed by atoms with Crippen molar-refractivity contribution in [3.8, 4) is 11.3 Å². The minimum absolute atomic E-state index is 0.0318. The molecule has 1 saturated heterocycles. The van der Waals surface area contributed by atoms with Crippen LogP contribution in [0, 0.1) is 29.8 Å². The first-order chi connectivity index (χ1) is 18.3. The van der Waals surface area contributed by atoms with E-state index in [1.54, 1.807) is 0 Å². The standard InChI is InChI=1S/C28H34F3N3O4S/c1-15-6-4-5-7-17(15)26(28(38)13-27(2,3)14-28)39-12-21(36)24(25(37)22(39)11-35)34-10-20(32-33-34)16-8-18(29)23(31)19(30)9-16/h4-10,21-22,24-26,35-39H,11-14H2,1-3H3/t21-,22+,24-,25-,26?/m0/s1. The second-order valence-electron chi connectivity index (χ2n) is 11.7. The quantitative estimate of drug-likeness (QED) is 0.231. The molecule has 1 aliphatic heterocycles. The molecule has 0 bridgehead atoms. The van der Waals surface area contributed by atoms with Gasteiger partial charge in [-0.2, -0.15) is 0 Å². The summed E-state index contributed by atoms with van der Waals surface area (Å²) < 4.78 is 42.2. The average Bonchev–Trinajstić information content (AvgIpc) is 3.32. The van der Waals surface area contributed by atoms with E-state index < -0.39 is 57.4 Å². The lowest BCUT2D eigenvalue weighted by Gasteiger charge is -2.59. The molecule has 6 atom stereocenters. The molecule has 2 fully saturated rings. The molecular weight excluding hydrogens is 531 g/mol. The molecule has 11 heteroatoms. The number of nitrogens with zero attached hydrogens (tertiary/aromatic N) is 3. The Morgan fingerprint density at radius 1 is 1.10 bits per heavy atom. The van der Waals surface area contributed by atoms with Crippen LogP contribution < -0.4 is 0 Å². The van der Waals surface area contributed by atoms with Crippen molar-refractivity contribution in [3.63, 3.8) is 0 Å². The first-order valence-corrected chi connectivity index (χ1v) is 14.6. The summed E-state index contributed by atoms with van der Waals surface area (Å²) in [5.41, 5.74) is 0.827. The van der Waals surface area contributed by atoms with Crippen molar-refractivity contribution in [1.82, 2.24) is 15.0 Å². The Morgan fingerprint density at radius 2 is 1.74 bits per heavy atom. The van der Waals surface area contributed by atoms with Crippen molar-refractivity contribution in [2.24, 2.45) is 5.41 Å². The highest BCUT2D eigenvalue weighted by Crippen LogP contribution is 2.65. The van der Waals surface area contributed by atoms with E-state index in [4.69, 9.17) is 0 Å². The van der Waals surface area contributed by atoms with E-state index in [0.717, 1.165) is 23.3 Å². The van der Waals surface area contributed by atoms with Gasteiger partial charge in [0.25, 0.3) is 0 Å². The molecule has 2 heterocycles. The highest BCUT2D eigenvalue weighted by Gasteiger charge is 2.57. The molecule has 0 amide bonds. The molecule has 7 nitrogen and oxygen atoms in total. The van der Waals surface area contributed by atoms with Gasteiger partial charge in [0.1, 0.15) is 11.7 Å². The van der Waals surface area contributed by atoms with Crippen molar-refractivity contribution < 1.29 is 33.6 Å². The lowest BCUT2D eigenvalue weighted by atomic mass is 9.59. The molecule has 2 aliphatic rings. The second kappa shape index (κ2) is 10.2. The molecule has 2 aromatic carbocycles. The number of hydrogen-bond acceptors (Lipinski definition) is 6. The summed E-state index contributed by atoms with van der Waals surface area (Å²) in [6.45, 7) is 5.79. The van der Waals surface area contributed by atoms with Gasteiger partial charge in [0.05, 0.1) is 30.6 Å². The van der Waals surface area contributed by atoms with Crippen LogP contribution >= 0.6 is 10.9 Å². The van der Waals surface area contributed by atoms with Crippen molar-refractivity contribution in [1.29, 1.82) is 0 Å². The van der Waals surface area contributed by atoms with Gasteiger partial charge in [-0.1, -0.05) is 43.3 Å². The number of aromatic nitrogens is 3. The Morgan fingerprint density at radius 3 is 2.33 bits per heavy atom. The molecule has 1 aliphatic carbocycles. The monoisotopic (exact) mass is 565 g/mol. The van der Waals surface area contributed by atoms with E-state index in [-0.39, 0.29) is 34.3 Å². The van der Waals surface area contributed by atoms with Gasteiger partial charge in [-0.25, -0.2) is 28.7 Å². The van der Waals surface area contributed by atoms with Gasteiger partial charge in [-0.3, -0.25) is 0 Å². The van der Waals surface area contributed by atoms with Crippen LogP contribution in [-0.4, -0.2) is 70.8 Å². The molecule has 1 saturated carbocycles. The Kier molecular flexibility index (Phi) is 7.34. The van der Waals surface area contributed by atoms with Crippen LogP contribution in [0.25, 0.3) is 11.3 Å². The van der Waals surface area contributed by atoms with E-state index >= 15 is 0 Å². The van der Waals surface area contributed by atoms with E-state index in [2.05, 4.69) is 24.2 Å². The number of thiol groups is 1. The lowest BCUT2D eigenvalue weighted by molar-refractivity contribution is -0.114. The maximum absolute atomic E-state index is 13.8. The predicted molar refractivity (Wildman–Crippen MR) is 143 cm³/mol. The molecule has 0 spiro atoms. The Hall–Kier alpha value is -2.44. The third-order valence-corrected chi connectivity index (χ3v) is 11.7. The summed E-state index contributed by atoms with van der Waals surface area (Å²) in [5.74, 6) is -4.12. The normalized spacial score (nSPS) is 29.5. The van der Waals surface area contributed by atoms with Crippen LogP contribution in [0.15, 0.2) is 42.6 Å². The molecule has 4 N–H and O–H groups in total. The third kappa shape index (κ3) is 4.99. The van der Waals surface area contributed by atoms with Crippen LogP contribution in [0.4, 0.5) is 13.2 Å². The van der Waals surface area contributed by atoms with E-state index in [1.165, 1.54) is 10.9 Å². The second-order valence-corrected chi connectivity index (χ2v) is 14.3. The molecule has 0 radical (unpaired) electrons. The summed E-state index contributed by atoms with van der Waals surface area (Å²) >= 11 is 0. The third-order valence-electron chi connectivity index (χ3n) is 8.14. The van der Waals surface area contributed by atoms with Gasteiger partial charge in [0, 0.05) is 21.8 Å². The van der Waals surface area contributed by atoms with E-state index in [0.29, 0.717) is 12.8 Å². The molecular formula is C28H34F3N3O4S. The number of halogens is 3. The molecule has 3 aromatic rings. The van der Waals surface area contributed by atoms with Crippen molar-refractivity contribution in [3.05, 3.63) is 71.2 Å². The molecule has 39 heavy (non-hydrogen) atoms. The lowest BCUT2D eigenvalue weighted by Crippen LogP contribution is -2.57. The fraction of sp³-hybridized carbons (Fsp3) is 0.500. The largest absolute Gasteiger partial charge is 0.395 e. The van der Waals surface area contributed by atoms with Crippen LogP contribution in [0.5, 0.6) is 0 Å². The minimum atomic E-state index is -1.59. The van der Waals surface area contributed by atoms with Crippen LogP contribution in [0.2, 0.25) is 0 Å². The zero-order valence-electron chi connectivity index (χ0n) is 22.0. The number of hydrogen-bond donors (Lipinski definition) is 5. The summed E-state index contributed by atoms with van der Waals surface area (Å²) in [5, 5.41) is 52.1. The zero-order chi connectivity index (χ0) is 28.3. The summed E-state index contributed by atoms with van der Waals surface area (Å²) in [6, 6.07) is 8.36. The fourth-order valence-corrected chi connectivity index (χ4v) is 10.4. The van der Waals surface area contributed by atoms with Gasteiger partial charge in [-0.05, 0) is 48.4 Å². The summed E-state index contributed by atoms with van der Waals surface area (Å²) in [6.07, 6.45) is 0.0928. The average molecular weight is 566 g/mol. The van der Waals surface area contributed by atoms with Gasteiger partial charge in [0.2, 0.25) is 0 Å². The summed E-state index contributed by atoms with van der Waals surface area (Å²) in [4.78, 5) is 0. The SMILES string of the molecule is Cc1ccccc1C([SH]1C[C@H](O)[C@H](n2cc(-c3cc(F)c(F)c(F)c3)nn2)[C@@H](O)[C@H]1CO)C1(O)CC(C)(C)C1. The van der Waals surface area contributed by atoms with Gasteiger partial charge >= 0.3 is 0 Å². The first kappa shape index (κ1) is 28.1. The number of rotatable bonds is 6. The molecule has 1 aromatic heterocycles. The van der Waals surface area contributed by atoms with Gasteiger partial charge in [-0.15, -0.1) is 5.10 Å². The first-order valence-electron chi connectivity index (χ1n) is 12.9. The maximum atomic E-state index is 13.8.